The molecule has 1 saturated heterocycles. The molecule has 1 unspecified atom stereocenters. The van der Waals surface area contributed by atoms with Crippen molar-refractivity contribution in [3.05, 3.63) is 34.6 Å². The summed E-state index contributed by atoms with van der Waals surface area (Å²) in [5.41, 5.74) is 0.937. The summed E-state index contributed by atoms with van der Waals surface area (Å²) in [6, 6.07) is 5.27. The van der Waals surface area contributed by atoms with E-state index in [-0.39, 0.29) is 22.4 Å². The van der Waals surface area contributed by atoms with Gasteiger partial charge in [0.05, 0.1) is 5.02 Å². The van der Waals surface area contributed by atoms with E-state index in [9.17, 15) is 4.39 Å². The largest absolute Gasteiger partial charge is 0.313 e. The average molecular weight is 257 g/mol. The minimum atomic E-state index is -0.341. The number of nitrogens with one attached hydrogen (secondary N) is 2. The summed E-state index contributed by atoms with van der Waals surface area (Å²) in [5.74, 6) is -0.341. The third kappa shape index (κ3) is 3.18. The van der Waals surface area contributed by atoms with Crippen LogP contribution >= 0.6 is 11.6 Å². The van der Waals surface area contributed by atoms with Gasteiger partial charge in [-0.15, -0.1) is 0 Å². The van der Waals surface area contributed by atoms with Crippen molar-refractivity contribution in [2.24, 2.45) is 0 Å². The molecule has 2 rings (SSSR count). The van der Waals surface area contributed by atoms with Crippen LogP contribution in [0, 0.1) is 5.82 Å². The van der Waals surface area contributed by atoms with Gasteiger partial charge in [-0.2, -0.15) is 0 Å². The fourth-order valence-electron chi connectivity index (χ4n) is 2.31. The Morgan fingerprint density at radius 3 is 2.94 bits per heavy atom. The summed E-state index contributed by atoms with van der Waals surface area (Å²) in [7, 11) is 0. The van der Waals surface area contributed by atoms with Crippen LogP contribution in [-0.4, -0.2) is 24.7 Å². The van der Waals surface area contributed by atoms with Crippen LogP contribution in [0.25, 0.3) is 0 Å². The van der Waals surface area contributed by atoms with Crippen molar-refractivity contribution in [3.8, 4) is 0 Å². The Morgan fingerprint density at radius 1 is 1.47 bits per heavy atom. The first-order valence-electron chi connectivity index (χ1n) is 5.89. The molecule has 94 valence electrons. The Kier molecular flexibility index (Phi) is 3.71. The first-order valence-corrected chi connectivity index (χ1v) is 6.27. The van der Waals surface area contributed by atoms with Crippen molar-refractivity contribution < 1.29 is 4.39 Å². The van der Waals surface area contributed by atoms with E-state index in [0.29, 0.717) is 0 Å². The summed E-state index contributed by atoms with van der Waals surface area (Å²) in [5, 5.41) is 7.17. The summed E-state index contributed by atoms with van der Waals surface area (Å²) >= 11 is 5.96. The lowest BCUT2D eigenvalue weighted by Gasteiger charge is -2.38. The van der Waals surface area contributed by atoms with E-state index >= 15 is 0 Å². The van der Waals surface area contributed by atoms with Crippen LogP contribution in [0.5, 0.6) is 0 Å². The highest BCUT2D eigenvalue weighted by atomic mass is 35.5. The van der Waals surface area contributed by atoms with E-state index in [4.69, 9.17) is 11.6 Å². The number of rotatable bonds is 2. The van der Waals surface area contributed by atoms with E-state index < -0.39 is 0 Å². The molecule has 1 aliphatic rings. The van der Waals surface area contributed by atoms with Crippen LogP contribution < -0.4 is 10.6 Å². The van der Waals surface area contributed by atoms with Gasteiger partial charge in [-0.05, 0) is 31.9 Å². The molecule has 0 amide bonds. The third-order valence-electron chi connectivity index (χ3n) is 3.05. The molecule has 1 aromatic rings. The van der Waals surface area contributed by atoms with Crippen LogP contribution in [0.2, 0.25) is 5.02 Å². The molecule has 1 aliphatic heterocycles. The van der Waals surface area contributed by atoms with E-state index in [1.807, 2.05) is 6.07 Å². The lowest BCUT2D eigenvalue weighted by molar-refractivity contribution is 0.261. The van der Waals surface area contributed by atoms with Gasteiger partial charge in [0.2, 0.25) is 0 Å². The Morgan fingerprint density at radius 2 is 2.24 bits per heavy atom. The van der Waals surface area contributed by atoms with Crippen molar-refractivity contribution in [1.82, 2.24) is 10.6 Å². The van der Waals surface area contributed by atoms with Crippen LogP contribution in [-0.2, 0) is 6.42 Å². The van der Waals surface area contributed by atoms with Crippen molar-refractivity contribution >= 4 is 11.6 Å². The number of halogens is 2. The molecule has 17 heavy (non-hydrogen) atoms. The number of hydrogen-bond donors (Lipinski definition) is 2. The quantitative estimate of drug-likeness (QED) is 0.849. The van der Waals surface area contributed by atoms with Gasteiger partial charge in [0.15, 0.2) is 0 Å². The molecule has 1 heterocycles. The average Bonchev–Trinajstić information content (AvgIpc) is 2.23. The lowest BCUT2D eigenvalue weighted by Crippen LogP contribution is -2.61. The molecule has 2 N–H and O–H groups in total. The van der Waals surface area contributed by atoms with Crippen LogP contribution in [0.3, 0.4) is 0 Å². The first kappa shape index (κ1) is 12.8. The van der Waals surface area contributed by atoms with Crippen molar-refractivity contribution in [2.75, 3.05) is 13.1 Å². The fraction of sp³-hybridized carbons (Fsp3) is 0.538. The molecule has 0 radical (unpaired) electrons. The monoisotopic (exact) mass is 256 g/mol. The maximum absolute atomic E-state index is 13.3. The van der Waals surface area contributed by atoms with Gasteiger partial charge in [-0.25, -0.2) is 4.39 Å². The third-order valence-corrected chi connectivity index (χ3v) is 3.47. The second kappa shape index (κ2) is 4.92. The maximum Gasteiger partial charge on any atom is 0.142 e. The molecule has 0 aromatic heterocycles. The van der Waals surface area contributed by atoms with Crippen molar-refractivity contribution in [2.45, 2.75) is 31.8 Å². The van der Waals surface area contributed by atoms with Gasteiger partial charge in [0.25, 0.3) is 0 Å². The maximum atomic E-state index is 13.3. The summed E-state index contributed by atoms with van der Waals surface area (Å²) in [6.45, 7) is 6.13. The van der Waals surface area contributed by atoms with Crippen molar-refractivity contribution in [1.29, 1.82) is 0 Å². The predicted octanol–water partition coefficient (Wildman–Crippen LogP) is 2.36. The minimum Gasteiger partial charge on any atom is -0.313 e. The van der Waals surface area contributed by atoms with Crippen LogP contribution in [0.15, 0.2) is 18.2 Å². The highest BCUT2D eigenvalue weighted by Crippen LogP contribution is 2.22. The number of piperazine rings is 1. The molecule has 1 atom stereocenters. The van der Waals surface area contributed by atoms with E-state index in [0.717, 1.165) is 25.1 Å². The van der Waals surface area contributed by atoms with Crippen LogP contribution in [0.4, 0.5) is 4.39 Å². The van der Waals surface area contributed by atoms with Crippen LogP contribution in [0.1, 0.15) is 19.4 Å². The summed E-state index contributed by atoms with van der Waals surface area (Å²) in [4.78, 5) is 0. The predicted molar refractivity (Wildman–Crippen MR) is 69.0 cm³/mol. The molecule has 0 aliphatic carbocycles. The van der Waals surface area contributed by atoms with E-state index in [1.165, 1.54) is 6.07 Å². The Labute approximate surface area is 107 Å². The number of benzene rings is 1. The zero-order chi connectivity index (χ0) is 12.5. The minimum absolute atomic E-state index is 0.0721. The summed E-state index contributed by atoms with van der Waals surface area (Å²) < 4.78 is 13.3. The van der Waals surface area contributed by atoms with Gasteiger partial charge in [-0.3, -0.25) is 0 Å². The molecule has 2 nitrogen and oxygen atoms in total. The molecule has 1 fully saturated rings. The molecule has 0 bridgehead atoms. The van der Waals surface area contributed by atoms with Gasteiger partial charge >= 0.3 is 0 Å². The molecule has 4 heteroatoms. The lowest BCUT2D eigenvalue weighted by atomic mass is 9.96. The number of hydrogen-bond acceptors (Lipinski definition) is 2. The molecule has 0 spiro atoms. The Bertz CT molecular complexity index is 406. The van der Waals surface area contributed by atoms with Gasteiger partial charge in [0, 0.05) is 24.7 Å². The SMILES string of the molecule is CC1(C)CNCC(Cc2cccc(F)c2Cl)N1. The topological polar surface area (TPSA) is 24.1 Å². The molecular formula is C13H18ClFN2. The normalized spacial score (nSPS) is 23.6. The highest BCUT2D eigenvalue weighted by molar-refractivity contribution is 6.31. The molecular weight excluding hydrogens is 239 g/mol. The Balaban J connectivity index is 2.08. The zero-order valence-electron chi connectivity index (χ0n) is 10.2. The van der Waals surface area contributed by atoms with Gasteiger partial charge in [0.1, 0.15) is 5.82 Å². The Hall–Kier alpha value is -0.640. The standard InChI is InChI=1S/C13H18ClFN2/c1-13(2)8-16-7-10(17-13)6-9-4-3-5-11(15)12(9)14/h3-5,10,16-17H,6-8H2,1-2H3. The van der Waals surface area contributed by atoms with Gasteiger partial charge < -0.3 is 10.6 Å². The molecule has 0 saturated carbocycles. The second-order valence-electron chi connectivity index (χ2n) is 5.27. The first-order chi connectivity index (χ1) is 7.98. The van der Waals surface area contributed by atoms with E-state index in [2.05, 4.69) is 24.5 Å². The summed E-state index contributed by atoms with van der Waals surface area (Å²) in [6.07, 6.45) is 0.743. The van der Waals surface area contributed by atoms with Gasteiger partial charge in [-0.1, -0.05) is 23.7 Å². The second-order valence-corrected chi connectivity index (χ2v) is 5.65. The molecule has 1 aromatic carbocycles. The van der Waals surface area contributed by atoms with E-state index in [1.54, 1.807) is 6.07 Å². The fourth-order valence-corrected chi connectivity index (χ4v) is 2.51. The van der Waals surface area contributed by atoms with Crippen molar-refractivity contribution in [3.63, 3.8) is 0 Å². The highest BCUT2D eigenvalue weighted by Gasteiger charge is 2.27. The zero-order valence-corrected chi connectivity index (χ0v) is 10.9. The smallest absolute Gasteiger partial charge is 0.142 e.